The first kappa shape index (κ1) is 48.8. The van der Waals surface area contributed by atoms with E-state index in [4.69, 9.17) is 35.0 Å². The summed E-state index contributed by atoms with van der Waals surface area (Å²) < 4.78 is 63.2. The van der Waals surface area contributed by atoms with Crippen molar-refractivity contribution >= 4 is 20.8 Å². The molecule has 0 aromatic carbocycles. The third-order valence-corrected chi connectivity index (χ3v) is 4.91. The zero-order chi connectivity index (χ0) is 27.1. The molecule has 0 atom stereocenters. The third-order valence-electron chi connectivity index (χ3n) is 4.91. The normalized spacial score (nSPS) is 10.2. The number of hydrogen-bond donors (Lipinski definition) is 4. The summed E-state index contributed by atoms with van der Waals surface area (Å²) in [6.45, 7) is 9.12. The van der Waals surface area contributed by atoms with Crippen molar-refractivity contribution in [2.45, 2.75) is 171 Å². The van der Waals surface area contributed by atoms with Gasteiger partial charge in [0.15, 0.2) is 0 Å². The Balaban J connectivity index is -0.0000000881. The van der Waals surface area contributed by atoms with Gasteiger partial charge in [-0.25, -0.2) is 0 Å². The van der Waals surface area contributed by atoms with Gasteiger partial charge in [-0.05, 0) is 0 Å². The molecule has 10 heteroatoms. The van der Waals surface area contributed by atoms with Gasteiger partial charge in [0.05, 0.1) is 0 Å². The van der Waals surface area contributed by atoms with Gasteiger partial charge in [0.25, 0.3) is 0 Å². The smallest absolute Gasteiger partial charge is 0.264 e. The average Bonchev–Trinajstić information content (AvgIpc) is 2.70. The van der Waals surface area contributed by atoms with E-state index in [9.17, 15) is 0 Å². The lowest BCUT2D eigenvalue weighted by molar-refractivity contribution is 0.378. The van der Waals surface area contributed by atoms with E-state index in [1.807, 2.05) is 0 Å². The van der Waals surface area contributed by atoms with Gasteiger partial charge in [0, 0.05) is 0 Å². The molecule has 0 radical (unpaired) electrons. The molecule has 0 aromatic rings. The van der Waals surface area contributed by atoms with Crippen molar-refractivity contribution in [3.63, 3.8) is 0 Å². The highest BCUT2D eigenvalue weighted by molar-refractivity contribution is 7.80. The van der Waals surface area contributed by atoms with Crippen LogP contribution in [-0.4, -0.2) is 35.0 Å². The molecule has 0 bridgehead atoms. The van der Waals surface area contributed by atoms with Crippen molar-refractivity contribution in [1.29, 1.82) is 0 Å². The third kappa shape index (κ3) is 115. The van der Waals surface area contributed by atoms with E-state index in [1.54, 1.807) is 0 Å². The fourth-order valence-corrected chi connectivity index (χ4v) is 3.12. The van der Waals surface area contributed by atoms with Gasteiger partial charge >= 0.3 is 20.8 Å². The van der Waals surface area contributed by atoms with Gasteiger partial charge in [0.1, 0.15) is 0 Å². The Morgan fingerprint density at radius 2 is 0.417 bits per heavy atom. The van der Waals surface area contributed by atoms with E-state index < -0.39 is 20.8 Å². The predicted octanol–water partition coefficient (Wildman–Crippen LogP) is 9.82. The molecule has 0 fully saturated rings. The van der Waals surface area contributed by atoms with Crippen molar-refractivity contribution in [1.82, 2.24) is 0 Å². The molecule has 36 heavy (non-hydrogen) atoms. The molecule has 0 saturated heterocycles. The van der Waals surface area contributed by atoms with Crippen LogP contribution in [0, 0.1) is 0 Å². The first-order valence-corrected chi connectivity index (χ1v) is 16.0. The van der Waals surface area contributed by atoms with Gasteiger partial charge in [-0.3, -0.25) is 18.2 Å². The lowest BCUT2D eigenvalue weighted by Gasteiger charge is -1.99. The maximum atomic E-state index is 8.74. The maximum absolute atomic E-state index is 8.74. The monoisotopic (exact) mass is 568 g/mol. The first-order chi connectivity index (χ1) is 15.8. The second kappa shape index (κ2) is 39.3. The van der Waals surface area contributed by atoms with Crippen molar-refractivity contribution in [2.75, 3.05) is 0 Å². The molecular formula is C26H64O8S2. The maximum Gasteiger partial charge on any atom is 0.394 e. The Morgan fingerprint density at radius 1 is 0.333 bits per heavy atom. The lowest BCUT2D eigenvalue weighted by Crippen LogP contribution is -1.89. The van der Waals surface area contributed by atoms with Gasteiger partial charge in [0.2, 0.25) is 0 Å². The standard InChI is InChI=1S/2C12H26.2CH4.2H2O4S/c2*1-3-5-7-9-11-12-10-8-6-4-2;;;2*1-5(2,3)4/h2*3-12H2,1-2H3;2*1H4;2*(H2,1,2,3,4). The first-order valence-electron chi connectivity index (χ1n) is 13.2. The Morgan fingerprint density at radius 3 is 0.500 bits per heavy atom. The Bertz CT molecular complexity index is 464. The molecule has 0 aromatic heterocycles. The van der Waals surface area contributed by atoms with Crippen molar-refractivity contribution < 1.29 is 35.0 Å². The van der Waals surface area contributed by atoms with Crippen LogP contribution in [0.1, 0.15) is 171 Å². The summed E-state index contributed by atoms with van der Waals surface area (Å²) in [7, 11) is -9.33. The van der Waals surface area contributed by atoms with Gasteiger partial charge in [-0.15, -0.1) is 0 Å². The molecule has 0 unspecified atom stereocenters. The van der Waals surface area contributed by atoms with Gasteiger partial charge in [-0.1, -0.05) is 171 Å². The number of rotatable bonds is 18. The molecule has 0 aliphatic carbocycles. The largest absolute Gasteiger partial charge is 0.394 e. The van der Waals surface area contributed by atoms with Crippen LogP contribution in [0.3, 0.4) is 0 Å². The topological polar surface area (TPSA) is 149 Å². The molecule has 0 amide bonds. The van der Waals surface area contributed by atoms with E-state index in [1.165, 1.54) is 128 Å². The van der Waals surface area contributed by atoms with Crippen LogP contribution in [-0.2, 0) is 20.8 Å². The van der Waals surface area contributed by atoms with Crippen LogP contribution in [0.15, 0.2) is 0 Å². The summed E-state index contributed by atoms with van der Waals surface area (Å²) >= 11 is 0. The zero-order valence-electron chi connectivity index (χ0n) is 22.4. The summed E-state index contributed by atoms with van der Waals surface area (Å²) in [4.78, 5) is 0. The van der Waals surface area contributed by atoms with Crippen LogP contribution in [0.25, 0.3) is 0 Å². The summed E-state index contributed by atoms with van der Waals surface area (Å²) in [6.07, 6.45) is 28.9. The molecular weight excluding hydrogens is 504 g/mol. The quantitative estimate of drug-likeness (QED) is 0.0942. The molecule has 0 heterocycles. The minimum Gasteiger partial charge on any atom is -0.264 e. The highest BCUT2D eigenvalue weighted by Gasteiger charge is 1.91. The van der Waals surface area contributed by atoms with Crippen LogP contribution in [0.4, 0.5) is 0 Å². The van der Waals surface area contributed by atoms with Crippen molar-refractivity contribution in [2.24, 2.45) is 0 Å². The molecule has 8 nitrogen and oxygen atoms in total. The predicted molar refractivity (Wildman–Crippen MR) is 157 cm³/mol. The molecule has 0 aliphatic heterocycles. The molecule has 0 aliphatic rings. The fraction of sp³-hybridized carbons (Fsp3) is 1.00. The van der Waals surface area contributed by atoms with E-state index in [0.29, 0.717) is 0 Å². The van der Waals surface area contributed by atoms with E-state index >= 15 is 0 Å². The Labute approximate surface area is 226 Å². The summed E-state index contributed by atoms with van der Waals surface area (Å²) in [6, 6.07) is 0. The molecule has 228 valence electrons. The summed E-state index contributed by atoms with van der Waals surface area (Å²) in [5.74, 6) is 0. The molecule has 0 spiro atoms. The Hall–Kier alpha value is -0.260. The van der Waals surface area contributed by atoms with Crippen LogP contribution < -0.4 is 0 Å². The van der Waals surface area contributed by atoms with Crippen LogP contribution in [0.2, 0.25) is 0 Å². The van der Waals surface area contributed by atoms with Crippen molar-refractivity contribution in [3.05, 3.63) is 0 Å². The second-order valence-electron chi connectivity index (χ2n) is 8.55. The minimum atomic E-state index is -4.67. The number of hydrogen-bond acceptors (Lipinski definition) is 4. The molecule has 4 N–H and O–H groups in total. The summed E-state index contributed by atoms with van der Waals surface area (Å²) in [5, 5.41) is 0. The van der Waals surface area contributed by atoms with E-state index in [0.717, 1.165) is 0 Å². The Kier molecular flexibility index (Phi) is 53.2. The minimum absolute atomic E-state index is 0. The van der Waals surface area contributed by atoms with Crippen LogP contribution in [0.5, 0.6) is 0 Å². The second-order valence-corrected chi connectivity index (χ2v) is 10.3. The summed E-state index contributed by atoms with van der Waals surface area (Å²) in [5.41, 5.74) is 0. The van der Waals surface area contributed by atoms with Gasteiger partial charge in [-0.2, -0.15) is 16.8 Å². The number of unbranched alkanes of at least 4 members (excludes halogenated alkanes) is 18. The van der Waals surface area contributed by atoms with E-state index in [-0.39, 0.29) is 14.9 Å². The highest BCUT2D eigenvalue weighted by Crippen LogP contribution is 2.10. The average molecular weight is 569 g/mol. The van der Waals surface area contributed by atoms with Crippen molar-refractivity contribution in [3.8, 4) is 0 Å². The molecule has 0 saturated carbocycles. The lowest BCUT2D eigenvalue weighted by atomic mass is 10.1. The van der Waals surface area contributed by atoms with Crippen LogP contribution >= 0.6 is 0 Å². The highest BCUT2D eigenvalue weighted by atomic mass is 32.3. The SMILES string of the molecule is C.C.CCCCCCCCCCCC.CCCCCCCCCCCC.O=S(=O)(O)O.O=S(=O)(O)O. The van der Waals surface area contributed by atoms with Gasteiger partial charge < -0.3 is 0 Å². The molecule has 0 rings (SSSR count). The zero-order valence-corrected chi connectivity index (χ0v) is 24.0. The van der Waals surface area contributed by atoms with E-state index in [2.05, 4.69) is 27.7 Å². The fourth-order valence-electron chi connectivity index (χ4n) is 3.12.